The van der Waals surface area contributed by atoms with Crippen LogP contribution in [0.25, 0.3) is 0 Å². The summed E-state index contributed by atoms with van der Waals surface area (Å²) in [6.07, 6.45) is 1.42. The number of amides is 2. The summed E-state index contributed by atoms with van der Waals surface area (Å²) < 4.78 is 5.01. The molecule has 0 unspecified atom stereocenters. The summed E-state index contributed by atoms with van der Waals surface area (Å²) in [5.41, 5.74) is 2.41. The van der Waals surface area contributed by atoms with E-state index >= 15 is 0 Å². The second-order valence-corrected chi connectivity index (χ2v) is 5.04. The maximum Gasteiger partial charge on any atom is 0.291 e. The lowest BCUT2D eigenvalue weighted by Gasteiger charge is -2.06. The molecule has 0 bridgehead atoms. The third-order valence-electron chi connectivity index (χ3n) is 2.71. The monoisotopic (exact) mass is 314 g/mol. The van der Waals surface area contributed by atoms with E-state index in [1.54, 1.807) is 36.4 Å². The molecule has 110 valence electrons. The summed E-state index contributed by atoms with van der Waals surface area (Å²) in [7, 11) is 0. The average molecular weight is 314 g/mol. The van der Waals surface area contributed by atoms with Crippen molar-refractivity contribution in [2.75, 3.05) is 10.6 Å². The third-order valence-corrected chi connectivity index (χ3v) is 3.31. The minimum Gasteiger partial charge on any atom is -0.459 e. The fourth-order valence-electron chi connectivity index (χ4n) is 1.74. The van der Waals surface area contributed by atoms with Gasteiger partial charge in [-0.05, 0) is 30.3 Å². The standard InChI is InChI=1S/C14H10N4O3S/c19-12(17-14-18-15-8-22-14)9-3-1-4-10(7-9)16-13(20)11-5-2-6-21-11/h1-8H,(H,16,20)(H,17,18,19). The van der Waals surface area contributed by atoms with Crippen molar-refractivity contribution >= 4 is 34.0 Å². The highest BCUT2D eigenvalue weighted by atomic mass is 32.1. The molecule has 22 heavy (non-hydrogen) atoms. The van der Waals surface area contributed by atoms with Gasteiger partial charge in [0.15, 0.2) is 5.76 Å². The molecule has 2 amide bonds. The molecule has 2 heterocycles. The second-order valence-electron chi connectivity index (χ2n) is 4.21. The Morgan fingerprint density at radius 1 is 1.09 bits per heavy atom. The van der Waals surface area contributed by atoms with Crippen LogP contribution < -0.4 is 10.6 Å². The predicted octanol–water partition coefficient (Wildman–Crippen LogP) is 2.64. The van der Waals surface area contributed by atoms with Crippen molar-refractivity contribution in [3.8, 4) is 0 Å². The lowest BCUT2D eigenvalue weighted by Crippen LogP contribution is -2.14. The molecule has 7 nitrogen and oxygen atoms in total. The zero-order chi connectivity index (χ0) is 15.4. The van der Waals surface area contributed by atoms with E-state index in [0.29, 0.717) is 16.4 Å². The first kappa shape index (κ1) is 14.0. The number of hydrogen-bond acceptors (Lipinski definition) is 6. The van der Waals surface area contributed by atoms with E-state index in [0.717, 1.165) is 0 Å². The summed E-state index contributed by atoms with van der Waals surface area (Å²) in [4.78, 5) is 24.0. The topological polar surface area (TPSA) is 97.1 Å². The van der Waals surface area contributed by atoms with Crippen LogP contribution in [0.4, 0.5) is 10.8 Å². The Kier molecular flexibility index (Phi) is 3.92. The summed E-state index contributed by atoms with van der Waals surface area (Å²) in [5, 5.41) is 13.1. The fourth-order valence-corrected chi connectivity index (χ4v) is 2.18. The number of furan rings is 1. The van der Waals surface area contributed by atoms with Crippen LogP contribution in [0.1, 0.15) is 20.9 Å². The van der Waals surface area contributed by atoms with Crippen LogP contribution in [0.5, 0.6) is 0 Å². The first-order valence-electron chi connectivity index (χ1n) is 6.25. The minimum atomic E-state index is -0.383. The van der Waals surface area contributed by atoms with Crippen LogP contribution in [0.15, 0.2) is 52.6 Å². The highest BCUT2D eigenvalue weighted by molar-refractivity contribution is 7.13. The van der Waals surface area contributed by atoms with Crippen molar-refractivity contribution in [1.82, 2.24) is 10.2 Å². The van der Waals surface area contributed by atoms with Crippen LogP contribution in [0, 0.1) is 0 Å². The van der Waals surface area contributed by atoms with E-state index < -0.39 is 0 Å². The van der Waals surface area contributed by atoms with E-state index in [4.69, 9.17) is 4.42 Å². The molecule has 2 N–H and O–H groups in total. The number of anilines is 2. The number of rotatable bonds is 4. The maximum atomic E-state index is 12.1. The van der Waals surface area contributed by atoms with Gasteiger partial charge in [0.1, 0.15) is 5.51 Å². The molecule has 0 atom stereocenters. The largest absolute Gasteiger partial charge is 0.459 e. The molecule has 0 saturated heterocycles. The Bertz CT molecular complexity index is 784. The molecule has 0 radical (unpaired) electrons. The van der Waals surface area contributed by atoms with Crippen molar-refractivity contribution < 1.29 is 14.0 Å². The number of aromatic nitrogens is 2. The number of nitrogens with one attached hydrogen (secondary N) is 2. The Hall–Kier alpha value is -3.00. The molecule has 0 fully saturated rings. The van der Waals surface area contributed by atoms with Gasteiger partial charge < -0.3 is 9.73 Å². The predicted molar refractivity (Wildman–Crippen MR) is 81.0 cm³/mol. The summed E-state index contributed by atoms with van der Waals surface area (Å²) in [6, 6.07) is 9.74. The fraction of sp³-hybridized carbons (Fsp3) is 0. The number of nitrogens with zero attached hydrogens (tertiary/aromatic N) is 2. The van der Waals surface area contributed by atoms with Gasteiger partial charge in [0.05, 0.1) is 6.26 Å². The summed E-state index contributed by atoms with van der Waals surface area (Å²) in [5.74, 6) is -0.513. The van der Waals surface area contributed by atoms with Gasteiger partial charge in [-0.3, -0.25) is 14.9 Å². The molecule has 2 aromatic heterocycles. The molecule has 0 aliphatic rings. The van der Waals surface area contributed by atoms with Crippen LogP contribution in [0.3, 0.4) is 0 Å². The van der Waals surface area contributed by atoms with Crippen molar-refractivity contribution in [2.45, 2.75) is 0 Å². The van der Waals surface area contributed by atoms with Gasteiger partial charge in [-0.15, -0.1) is 10.2 Å². The molecular weight excluding hydrogens is 304 g/mol. The van der Waals surface area contributed by atoms with Crippen LogP contribution >= 0.6 is 11.3 Å². The van der Waals surface area contributed by atoms with E-state index in [1.165, 1.54) is 23.1 Å². The summed E-state index contributed by atoms with van der Waals surface area (Å²) in [6.45, 7) is 0. The van der Waals surface area contributed by atoms with Gasteiger partial charge in [-0.25, -0.2) is 0 Å². The molecule has 0 aliphatic heterocycles. The van der Waals surface area contributed by atoms with Crippen molar-refractivity contribution in [3.63, 3.8) is 0 Å². The van der Waals surface area contributed by atoms with Crippen molar-refractivity contribution in [3.05, 3.63) is 59.5 Å². The number of benzene rings is 1. The molecule has 0 saturated carbocycles. The van der Waals surface area contributed by atoms with Crippen LogP contribution in [-0.2, 0) is 0 Å². The van der Waals surface area contributed by atoms with E-state index in [2.05, 4.69) is 20.8 Å². The lowest BCUT2D eigenvalue weighted by molar-refractivity contribution is 0.0993. The molecule has 0 aliphatic carbocycles. The van der Waals surface area contributed by atoms with Gasteiger partial charge in [-0.2, -0.15) is 0 Å². The third kappa shape index (κ3) is 3.18. The van der Waals surface area contributed by atoms with E-state index in [9.17, 15) is 9.59 Å². The molecule has 0 spiro atoms. The SMILES string of the molecule is O=C(Nc1nncs1)c1cccc(NC(=O)c2ccco2)c1. The smallest absolute Gasteiger partial charge is 0.291 e. The normalized spacial score (nSPS) is 10.2. The van der Waals surface area contributed by atoms with E-state index in [1.807, 2.05) is 0 Å². The Morgan fingerprint density at radius 2 is 2.00 bits per heavy atom. The number of hydrogen-bond donors (Lipinski definition) is 2. The number of carbonyl (C=O) groups excluding carboxylic acids is 2. The van der Waals surface area contributed by atoms with Gasteiger partial charge in [0.25, 0.3) is 11.8 Å². The second kappa shape index (κ2) is 6.19. The number of carbonyl (C=O) groups is 2. The van der Waals surface area contributed by atoms with Crippen LogP contribution in [0.2, 0.25) is 0 Å². The van der Waals surface area contributed by atoms with E-state index in [-0.39, 0.29) is 17.6 Å². The molecule has 3 rings (SSSR count). The highest BCUT2D eigenvalue weighted by Gasteiger charge is 2.11. The quantitative estimate of drug-likeness (QED) is 0.771. The van der Waals surface area contributed by atoms with Gasteiger partial charge >= 0.3 is 0 Å². The van der Waals surface area contributed by atoms with Crippen molar-refractivity contribution in [2.24, 2.45) is 0 Å². The zero-order valence-corrected chi connectivity index (χ0v) is 12.0. The molecule has 8 heteroatoms. The Balaban J connectivity index is 1.72. The Labute approximate surface area is 129 Å². The lowest BCUT2D eigenvalue weighted by atomic mass is 10.2. The highest BCUT2D eigenvalue weighted by Crippen LogP contribution is 2.15. The molecular formula is C14H10N4O3S. The maximum absolute atomic E-state index is 12.1. The van der Waals surface area contributed by atoms with Gasteiger partial charge in [0.2, 0.25) is 5.13 Å². The zero-order valence-electron chi connectivity index (χ0n) is 11.1. The molecule has 1 aromatic carbocycles. The first-order chi connectivity index (χ1) is 10.7. The summed E-state index contributed by atoms with van der Waals surface area (Å²) >= 11 is 1.22. The van der Waals surface area contributed by atoms with Crippen LogP contribution in [-0.4, -0.2) is 22.0 Å². The van der Waals surface area contributed by atoms with Gasteiger partial charge in [-0.1, -0.05) is 17.4 Å². The Morgan fingerprint density at radius 3 is 2.73 bits per heavy atom. The first-order valence-corrected chi connectivity index (χ1v) is 7.13. The van der Waals surface area contributed by atoms with Crippen molar-refractivity contribution in [1.29, 1.82) is 0 Å². The molecule has 3 aromatic rings. The van der Waals surface area contributed by atoms with Gasteiger partial charge in [0, 0.05) is 11.3 Å². The minimum absolute atomic E-state index is 0.198. The average Bonchev–Trinajstić information content (AvgIpc) is 3.21.